The van der Waals surface area contributed by atoms with Crippen molar-refractivity contribution >= 4 is 10.9 Å². The van der Waals surface area contributed by atoms with E-state index in [9.17, 15) is 44.7 Å². The van der Waals surface area contributed by atoms with Crippen LogP contribution in [0.5, 0.6) is 11.5 Å². The highest BCUT2D eigenvalue weighted by molar-refractivity contribution is 5.77. The molecule has 0 aliphatic carbocycles. The standard InChI is InChI=1S/C24H20F8N2O5/c1-10-17(12-5-4-11(8-16(12)37-3)38-24(30,31)32)19(39-22(10,2)23(27,28)29)14-9-15(35)18-13(33-14)6-7-34(20(18)36)21(25)26/h4-10,17,19,21H,1-3H3,(H,33,35)/t10-,17-,19-,22+/m0/s1. The van der Waals surface area contributed by atoms with E-state index in [1.165, 1.54) is 6.92 Å². The molecule has 3 aromatic rings. The van der Waals surface area contributed by atoms with Crippen LogP contribution in [-0.4, -0.2) is 34.8 Å². The maximum atomic E-state index is 14.2. The van der Waals surface area contributed by atoms with Crippen molar-refractivity contribution in [3.63, 3.8) is 0 Å². The van der Waals surface area contributed by atoms with Crippen molar-refractivity contribution in [2.75, 3.05) is 7.11 Å². The Morgan fingerprint density at radius 2 is 1.74 bits per heavy atom. The van der Waals surface area contributed by atoms with E-state index in [0.717, 1.165) is 44.4 Å². The van der Waals surface area contributed by atoms with Crippen LogP contribution in [-0.2, 0) is 4.74 Å². The third-order valence-electron chi connectivity index (χ3n) is 6.91. The van der Waals surface area contributed by atoms with E-state index in [-0.39, 0.29) is 27.1 Å². The SMILES string of the molecule is COc1cc(OC(F)(F)F)ccc1[C@H]1[C@H](c2cc(=O)c3c(=O)n(C(F)F)ccc3[nH]2)O[C@@](C)(C(F)(F)F)[C@H]1C. The first-order valence-corrected chi connectivity index (χ1v) is 11.2. The average Bonchev–Trinajstić information content (AvgIpc) is 3.09. The van der Waals surface area contributed by atoms with Crippen LogP contribution in [0.1, 0.15) is 43.7 Å². The number of pyridine rings is 2. The number of ether oxygens (including phenoxy) is 3. The van der Waals surface area contributed by atoms with Gasteiger partial charge in [0.2, 0.25) is 0 Å². The fraction of sp³-hybridized carbons (Fsp3) is 0.417. The van der Waals surface area contributed by atoms with Crippen molar-refractivity contribution in [3.05, 3.63) is 68.4 Å². The van der Waals surface area contributed by atoms with Crippen LogP contribution in [0.2, 0.25) is 0 Å². The predicted octanol–water partition coefficient (Wildman–Crippen LogP) is 5.80. The van der Waals surface area contributed by atoms with Gasteiger partial charge in [-0.15, -0.1) is 13.2 Å². The third-order valence-corrected chi connectivity index (χ3v) is 6.91. The molecule has 39 heavy (non-hydrogen) atoms. The first kappa shape index (κ1) is 28.4. The Morgan fingerprint density at radius 1 is 1.08 bits per heavy atom. The Bertz CT molecular complexity index is 1510. The Kier molecular flexibility index (Phi) is 6.94. The summed E-state index contributed by atoms with van der Waals surface area (Å²) in [5, 5.41) is -0.644. The summed E-state index contributed by atoms with van der Waals surface area (Å²) >= 11 is 0. The summed E-state index contributed by atoms with van der Waals surface area (Å²) in [6.45, 7) is -1.23. The van der Waals surface area contributed by atoms with Crippen LogP contribution in [0, 0.1) is 5.92 Å². The molecule has 4 atom stereocenters. The molecule has 0 amide bonds. The lowest BCUT2D eigenvalue weighted by atomic mass is 9.76. The molecule has 0 bridgehead atoms. The van der Waals surface area contributed by atoms with Crippen LogP contribution < -0.4 is 20.5 Å². The molecule has 1 fully saturated rings. The van der Waals surface area contributed by atoms with Gasteiger partial charge in [0.15, 0.2) is 11.0 Å². The molecule has 0 saturated carbocycles. The number of methoxy groups -OCH3 is 1. The quantitative estimate of drug-likeness (QED) is 0.394. The minimum atomic E-state index is -5.04. The van der Waals surface area contributed by atoms with Crippen molar-refractivity contribution in [3.8, 4) is 11.5 Å². The zero-order chi connectivity index (χ0) is 29.1. The molecule has 1 saturated heterocycles. The number of H-pyrrole nitrogens is 1. The van der Waals surface area contributed by atoms with Gasteiger partial charge in [0.1, 0.15) is 23.0 Å². The highest BCUT2D eigenvalue weighted by Gasteiger charge is 2.65. The van der Waals surface area contributed by atoms with Gasteiger partial charge in [0.25, 0.3) is 5.56 Å². The summed E-state index contributed by atoms with van der Waals surface area (Å²) < 4.78 is 122. The first-order valence-electron chi connectivity index (χ1n) is 11.2. The molecule has 0 spiro atoms. The topological polar surface area (TPSA) is 82.5 Å². The molecule has 1 aliphatic heterocycles. The second-order valence-electron chi connectivity index (χ2n) is 9.09. The number of nitrogens with one attached hydrogen (secondary N) is 1. The maximum Gasteiger partial charge on any atom is 0.573 e. The zero-order valence-corrected chi connectivity index (χ0v) is 20.3. The summed E-state index contributed by atoms with van der Waals surface area (Å²) in [6, 6.07) is 4.62. The minimum Gasteiger partial charge on any atom is -0.496 e. The monoisotopic (exact) mass is 568 g/mol. The van der Waals surface area contributed by atoms with Gasteiger partial charge in [-0.3, -0.25) is 14.2 Å². The number of alkyl halides is 8. The van der Waals surface area contributed by atoms with E-state index in [4.69, 9.17) is 9.47 Å². The van der Waals surface area contributed by atoms with Gasteiger partial charge in [0.05, 0.1) is 12.6 Å². The maximum absolute atomic E-state index is 14.2. The number of benzene rings is 1. The van der Waals surface area contributed by atoms with Crippen LogP contribution >= 0.6 is 0 Å². The van der Waals surface area contributed by atoms with Crippen molar-refractivity contribution in [1.29, 1.82) is 0 Å². The van der Waals surface area contributed by atoms with Gasteiger partial charge >= 0.3 is 19.1 Å². The average molecular weight is 568 g/mol. The third kappa shape index (κ3) is 4.94. The molecular formula is C24H20F8N2O5. The largest absolute Gasteiger partial charge is 0.573 e. The van der Waals surface area contributed by atoms with Gasteiger partial charge in [-0.05, 0) is 19.1 Å². The van der Waals surface area contributed by atoms with Gasteiger partial charge in [-0.1, -0.05) is 13.0 Å². The predicted molar refractivity (Wildman–Crippen MR) is 120 cm³/mol. The number of hydrogen-bond donors (Lipinski definition) is 1. The second kappa shape index (κ2) is 9.54. The van der Waals surface area contributed by atoms with E-state index in [0.29, 0.717) is 6.20 Å². The molecular weight excluding hydrogens is 548 g/mol. The van der Waals surface area contributed by atoms with Gasteiger partial charge < -0.3 is 19.2 Å². The van der Waals surface area contributed by atoms with Crippen molar-refractivity contribution < 1.29 is 49.3 Å². The van der Waals surface area contributed by atoms with Crippen LogP contribution in [0.25, 0.3) is 10.9 Å². The highest BCUT2D eigenvalue weighted by Crippen LogP contribution is 2.59. The molecule has 7 nitrogen and oxygen atoms in total. The van der Waals surface area contributed by atoms with Gasteiger partial charge in [0, 0.05) is 41.4 Å². The number of hydrogen-bond acceptors (Lipinski definition) is 5. The molecule has 1 aliphatic rings. The van der Waals surface area contributed by atoms with E-state index in [2.05, 4.69) is 9.72 Å². The van der Waals surface area contributed by atoms with E-state index >= 15 is 0 Å². The summed E-state index contributed by atoms with van der Waals surface area (Å²) in [5.41, 5.74) is -5.57. The van der Waals surface area contributed by atoms with Gasteiger partial charge in [-0.2, -0.15) is 22.0 Å². The summed E-state index contributed by atoms with van der Waals surface area (Å²) in [7, 11) is 1.10. The first-order chi connectivity index (χ1) is 18.0. The van der Waals surface area contributed by atoms with Crippen LogP contribution in [0.4, 0.5) is 35.1 Å². The number of aromatic amines is 1. The number of rotatable bonds is 5. The number of fused-ring (bicyclic) bond motifs is 1. The molecule has 0 unspecified atom stereocenters. The second-order valence-corrected chi connectivity index (χ2v) is 9.09. The lowest BCUT2D eigenvalue weighted by Gasteiger charge is -2.32. The Morgan fingerprint density at radius 3 is 2.31 bits per heavy atom. The Hall–Kier alpha value is -3.62. The summed E-state index contributed by atoms with van der Waals surface area (Å²) in [6.07, 6.45) is -10.8. The summed E-state index contributed by atoms with van der Waals surface area (Å²) in [4.78, 5) is 27.9. The number of halogens is 8. The molecule has 0 radical (unpaired) electrons. The number of aromatic nitrogens is 2. The smallest absolute Gasteiger partial charge is 0.496 e. The van der Waals surface area contributed by atoms with Crippen molar-refractivity contribution in [1.82, 2.24) is 9.55 Å². The normalized spacial score (nSPS) is 23.9. The lowest BCUT2D eigenvalue weighted by molar-refractivity contribution is -0.275. The van der Waals surface area contributed by atoms with E-state index in [1.807, 2.05) is 0 Å². The van der Waals surface area contributed by atoms with Crippen LogP contribution in [0.15, 0.2) is 46.1 Å². The highest BCUT2D eigenvalue weighted by atomic mass is 19.4. The molecule has 15 heteroatoms. The summed E-state index contributed by atoms with van der Waals surface area (Å²) in [5.74, 6) is -3.55. The Balaban J connectivity index is 1.91. The van der Waals surface area contributed by atoms with E-state index < -0.39 is 64.8 Å². The molecule has 4 rings (SSSR count). The van der Waals surface area contributed by atoms with E-state index in [1.54, 1.807) is 0 Å². The van der Waals surface area contributed by atoms with Crippen LogP contribution in [0.3, 0.4) is 0 Å². The molecule has 3 heterocycles. The molecule has 212 valence electrons. The Labute approximate surface area is 213 Å². The fourth-order valence-electron chi connectivity index (χ4n) is 4.83. The molecule has 2 aromatic heterocycles. The fourth-order valence-corrected chi connectivity index (χ4v) is 4.83. The molecule has 1 aromatic carbocycles. The zero-order valence-electron chi connectivity index (χ0n) is 20.3. The molecule has 1 N–H and O–H groups in total. The van der Waals surface area contributed by atoms with Gasteiger partial charge in [-0.25, -0.2) is 0 Å². The van der Waals surface area contributed by atoms with Crippen molar-refractivity contribution in [2.45, 2.75) is 50.6 Å². The van der Waals surface area contributed by atoms with Crippen molar-refractivity contribution in [2.24, 2.45) is 5.92 Å². The number of nitrogens with zero attached hydrogens (tertiary/aromatic N) is 1. The minimum absolute atomic E-state index is 0.0182. The lowest BCUT2D eigenvalue weighted by Crippen LogP contribution is -2.46.